The Bertz CT molecular complexity index is 598. The van der Waals surface area contributed by atoms with Crippen LogP contribution in [0.25, 0.3) is 0 Å². The number of nitrogens with two attached hydrogens (primary N) is 1. The van der Waals surface area contributed by atoms with Crippen molar-refractivity contribution in [1.82, 2.24) is 10.2 Å². The Morgan fingerprint density at radius 3 is 2.60 bits per heavy atom. The van der Waals surface area contributed by atoms with Crippen molar-refractivity contribution in [2.24, 2.45) is 5.73 Å². The Labute approximate surface area is 117 Å². The van der Waals surface area contributed by atoms with Gasteiger partial charge in [-0.1, -0.05) is 6.07 Å². The van der Waals surface area contributed by atoms with Crippen LogP contribution in [0.3, 0.4) is 0 Å². The first kappa shape index (κ1) is 14.9. The van der Waals surface area contributed by atoms with Crippen LogP contribution in [0.15, 0.2) is 32.7 Å². The number of benzene rings is 1. The summed E-state index contributed by atoms with van der Waals surface area (Å²) in [6.45, 7) is 1.78. The van der Waals surface area contributed by atoms with Crippen molar-refractivity contribution in [3.63, 3.8) is 0 Å². The predicted octanol–water partition coefficient (Wildman–Crippen LogP) is 3.05. The van der Waals surface area contributed by atoms with Gasteiger partial charge >= 0.3 is 6.18 Å². The Balaban J connectivity index is 2.31. The van der Waals surface area contributed by atoms with Gasteiger partial charge in [-0.2, -0.15) is 13.2 Å². The molecule has 0 aliphatic carbocycles. The molecule has 0 bridgehead atoms. The van der Waals surface area contributed by atoms with Gasteiger partial charge in [0.1, 0.15) is 0 Å². The molecule has 0 spiro atoms. The van der Waals surface area contributed by atoms with Crippen LogP contribution in [-0.4, -0.2) is 16.7 Å². The summed E-state index contributed by atoms with van der Waals surface area (Å²) in [6, 6.07) is 4.10. The molecule has 0 aliphatic heterocycles. The number of alkyl halides is 3. The van der Waals surface area contributed by atoms with Gasteiger partial charge in [-0.15, -0.1) is 10.2 Å². The zero-order chi connectivity index (χ0) is 14.8. The first-order chi connectivity index (χ1) is 9.40. The lowest BCUT2D eigenvalue weighted by Gasteiger charge is -2.13. The molecule has 0 saturated carbocycles. The average Bonchev–Trinajstić information content (AvgIpc) is 2.76. The standard InChI is InChI=1S/C12H12F3N3OS/c1-7-17-18-11(19-7)20-9-3-2-8(4-5-16)10(6-9)12(13,14)15/h2-3,6H,4-5,16H2,1H3. The van der Waals surface area contributed by atoms with E-state index in [4.69, 9.17) is 10.2 Å². The summed E-state index contributed by atoms with van der Waals surface area (Å²) in [4.78, 5) is 0.391. The van der Waals surface area contributed by atoms with Gasteiger partial charge in [-0.05, 0) is 42.4 Å². The van der Waals surface area contributed by atoms with E-state index < -0.39 is 11.7 Å². The molecule has 2 rings (SSSR count). The quantitative estimate of drug-likeness (QED) is 0.940. The first-order valence-electron chi connectivity index (χ1n) is 5.78. The highest BCUT2D eigenvalue weighted by molar-refractivity contribution is 7.99. The summed E-state index contributed by atoms with van der Waals surface area (Å²) >= 11 is 0.994. The largest absolute Gasteiger partial charge is 0.416 e. The minimum atomic E-state index is -4.41. The van der Waals surface area contributed by atoms with Crippen molar-refractivity contribution in [1.29, 1.82) is 0 Å². The highest BCUT2D eigenvalue weighted by atomic mass is 32.2. The van der Waals surface area contributed by atoms with E-state index in [1.807, 2.05) is 0 Å². The fourth-order valence-electron chi connectivity index (χ4n) is 1.68. The van der Waals surface area contributed by atoms with Crippen LogP contribution in [0.1, 0.15) is 17.0 Å². The maximum absolute atomic E-state index is 13.0. The molecule has 2 N–H and O–H groups in total. The number of hydrogen-bond donors (Lipinski definition) is 1. The third kappa shape index (κ3) is 3.51. The minimum absolute atomic E-state index is 0.165. The van der Waals surface area contributed by atoms with E-state index in [2.05, 4.69) is 10.2 Å². The van der Waals surface area contributed by atoms with Gasteiger partial charge in [0.2, 0.25) is 5.89 Å². The van der Waals surface area contributed by atoms with Gasteiger partial charge in [-0.25, -0.2) is 0 Å². The van der Waals surface area contributed by atoms with Crippen LogP contribution in [0.2, 0.25) is 0 Å². The molecule has 1 aromatic carbocycles. The summed E-state index contributed by atoms with van der Waals surface area (Å²) in [7, 11) is 0. The molecule has 0 atom stereocenters. The van der Waals surface area contributed by atoms with E-state index in [0.29, 0.717) is 10.8 Å². The van der Waals surface area contributed by atoms with E-state index in [1.165, 1.54) is 6.07 Å². The SMILES string of the molecule is Cc1nnc(Sc2ccc(CCN)c(C(F)(F)F)c2)o1. The Morgan fingerprint density at radius 1 is 1.30 bits per heavy atom. The molecule has 2 aromatic rings. The van der Waals surface area contributed by atoms with Crippen LogP contribution in [-0.2, 0) is 12.6 Å². The summed E-state index contributed by atoms with van der Waals surface area (Å²) < 4.78 is 44.1. The topological polar surface area (TPSA) is 64.9 Å². The highest BCUT2D eigenvalue weighted by Gasteiger charge is 2.33. The van der Waals surface area contributed by atoms with Crippen LogP contribution in [0.4, 0.5) is 13.2 Å². The lowest BCUT2D eigenvalue weighted by molar-refractivity contribution is -0.138. The molecule has 1 heterocycles. The molecular weight excluding hydrogens is 291 g/mol. The molecule has 4 nitrogen and oxygen atoms in total. The molecule has 0 amide bonds. The molecule has 108 valence electrons. The number of rotatable bonds is 4. The predicted molar refractivity (Wildman–Crippen MR) is 67.4 cm³/mol. The third-order valence-electron chi connectivity index (χ3n) is 2.51. The van der Waals surface area contributed by atoms with Gasteiger partial charge < -0.3 is 10.2 Å². The lowest BCUT2D eigenvalue weighted by atomic mass is 10.0. The minimum Gasteiger partial charge on any atom is -0.416 e. The van der Waals surface area contributed by atoms with Crippen LogP contribution in [0.5, 0.6) is 0 Å². The van der Waals surface area contributed by atoms with Crippen LogP contribution >= 0.6 is 11.8 Å². The highest BCUT2D eigenvalue weighted by Crippen LogP contribution is 2.36. The monoisotopic (exact) mass is 303 g/mol. The summed E-state index contributed by atoms with van der Waals surface area (Å²) in [5, 5.41) is 7.57. The smallest absolute Gasteiger partial charge is 0.416 e. The molecule has 0 radical (unpaired) electrons. The average molecular weight is 303 g/mol. The number of halogens is 3. The van der Waals surface area contributed by atoms with Crippen LogP contribution < -0.4 is 5.73 Å². The maximum Gasteiger partial charge on any atom is 0.416 e. The zero-order valence-corrected chi connectivity index (χ0v) is 11.4. The van der Waals surface area contributed by atoms with Crippen molar-refractivity contribution < 1.29 is 17.6 Å². The summed E-state index contributed by atoms with van der Waals surface area (Å²) in [6.07, 6.45) is -4.23. The lowest BCUT2D eigenvalue weighted by Crippen LogP contribution is -2.12. The zero-order valence-electron chi connectivity index (χ0n) is 10.6. The molecule has 0 fully saturated rings. The molecular formula is C12H12F3N3OS. The van der Waals surface area contributed by atoms with E-state index in [0.717, 1.165) is 17.8 Å². The van der Waals surface area contributed by atoms with E-state index >= 15 is 0 Å². The maximum atomic E-state index is 13.0. The van der Waals surface area contributed by atoms with Crippen molar-refractivity contribution in [3.05, 3.63) is 35.2 Å². The van der Waals surface area contributed by atoms with Crippen molar-refractivity contribution in [2.75, 3.05) is 6.54 Å². The van der Waals surface area contributed by atoms with Gasteiger partial charge in [-0.3, -0.25) is 0 Å². The second-order valence-corrected chi connectivity index (χ2v) is 5.07. The fraction of sp³-hybridized carbons (Fsp3) is 0.333. The Hall–Kier alpha value is -1.54. The third-order valence-corrected chi connectivity index (χ3v) is 3.34. The molecule has 20 heavy (non-hydrogen) atoms. The van der Waals surface area contributed by atoms with E-state index in [1.54, 1.807) is 13.0 Å². The number of hydrogen-bond acceptors (Lipinski definition) is 5. The second kappa shape index (κ2) is 5.84. The molecule has 8 heteroatoms. The fourth-order valence-corrected chi connectivity index (χ4v) is 2.44. The van der Waals surface area contributed by atoms with E-state index in [-0.39, 0.29) is 23.8 Å². The van der Waals surface area contributed by atoms with E-state index in [9.17, 15) is 13.2 Å². The van der Waals surface area contributed by atoms with Crippen molar-refractivity contribution in [3.8, 4) is 0 Å². The van der Waals surface area contributed by atoms with Gasteiger partial charge in [0.25, 0.3) is 5.22 Å². The normalized spacial score (nSPS) is 11.8. The van der Waals surface area contributed by atoms with Crippen molar-refractivity contribution in [2.45, 2.75) is 29.6 Å². The Kier molecular flexibility index (Phi) is 4.34. The molecule has 0 unspecified atom stereocenters. The summed E-state index contributed by atoms with van der Waals surface area (Å²) in [5.41, 5.74) is 4.84. The molecule has 0 aliphatic rings. The van der Waals surface area contributed by atoms with Gasteiger partial charge in [0.15, 0.2) is 0 Å². The number of aryl methyl sites for hydroxylation is 1. The van der Waals surface area contributed by atoms with Crippen LogP contribution in [0, 0.1) is 6.92 Å². The van der Waals surface area contributed by atoms with Crippen molar-refractivity contribution >= 4 is 11.8 Å². The molecule has 0 saturated heterocycles. The first-order valence-corrected chi connectivity index (χ1v) is 6.60. The van der Waals surface area contributed by atoms with Gasteiger partial charge in [0.05, 0.1) is 5.56 Å². The second-order valence-electron chi connectivity index (χ2n) is 4.04. The summed E-state index contributed by atoms with van der Waals surface area (Å²) in [5.74, 6) is 0.364. The molecule has 1 aromatic heterocycles. The number of nitrogens with zero attached hydrogens (tertiary/aromatic N) is 2. The van der Waals surface area contributed by atoms with Gasteiger partial charge in [0, 0.05) is 11.8 Å². The Morgan fingerprint density at radius 2 is 2.05 bits per heavy atom. The number of aromatic nitrogens is 2.